The predicted molar refractivity (Wildman–Crippen MR) is 49.8 cm³/mol. The SMILES string of the molecule is C#C.C#C.C[N+](C)(C)CCO. The van der Waals surface area contributed by atoms with Gasteiger partial charge in [0.05, 0.1) is 27.7 Å². The molecule has 0 aliphatic rings. The summed E-state index contributed by atoms with van der Waals surface area (Å²) in [5.74, 6) is 0. The topological polar surface area (TPSA) is 20.2 Å². The Morgan fingerprint density at radius 2 is 1.27 bits per heavy atom. The minimum Gasteiger partial charge on any atom is -0.391 e. The predicted octanol–water partition coefficient (Wildman–Crippen LogP) is 0.184. The van der Waals surface area contributed by atoms with E-state index in [4.69, 9.17) is 5.11 Å². The van der Waals surface area contributed by atoms with E-state index in [2.05, 4.69) is 46.8 Å². The minimum atomic E-state index is 0.281. The van der Waals surface area contributed by atoms with E-state index in [0.29, 0.717) is 0 Å². The molecule has 0 aromatic carbocycles. The van der Waals surface area contributed by atoms with Crippen LogP contribution in [0.2, 0.25) is 0 Å². The molecular formula is C9H18NO+. The van der Waals surface area contributed by atoms with Crippen LogP contribution in [-0.2, 0) is 0 Å². The van der Waals surface area contributed by atoms with E-state index in [1.807, 2.05) is 0 Å². The molecule has 0 amide bonds. The fourth-order valence-corrected chi connectivity index (χ4v) is 0.300. The lowest BCUT2D eigenvalue weighted by Crippen LogP contribution is -2.36. The third-order valence-corrected chi connectivity index (χ3v) is 0.771. The fourth-order valence-electron chi connectivity index (χ4n) is 0.300. The number of quaternary nitrogens is 1. The van der Waals surface area contributed by atoms with Gasteiger partial charge in [-0.2, -0.15) is 0 Å². The van der Waals surface area contributed by atoms with E-state index in [-0.39, 0.29) is 6.61 Å². The van der Waals surface area contributed by atoms with E-state index >= 15 is 0 Å². The molecule has 0 saturated carbocycles. The van der Waals surface area contributed by atoms with Gasteiger partial charge >= 0.3 is 0 Å². The second-order valence-electron chi connectivity index (χ2n) is 2.74. The number of aliphatic hydroxyl groups is 1. The van der Waals surface area contributed by atoms with Crippen LogP contribution in [0.25, 0.3) is 0 Å². The van der Waals surface area contributed by atoms with Crippen molar-refractivity contribution in [3.63, 3.8) is 0 Å². The molecule has 0 aliphatic heterocycles. The van der Waals surface area contributed by atoms with Crippen LogP contribution in [0.1, 0.15) is 0 Å². The average Bonchev–Trinajstić information content (AvgIpc) is 1.94. The minimum absolute atomic E-state index is 0.281. The highest BCUT2D eigenvalue weighted by molar-refractivity contribution is 4.47. The van der Waals surface area contributed by atoms with Gasteiger partial charge in [-0.05, 0) is 0 Å². The smallest absolute Gasteiger partial charge is 0.101 e. The van der Waals surface area contributed by atoms with Crippen molar-refractivity contribution in [2.24, 2.45) is 0 Å². The lowest BCUT2D eigenvalue weighted by molar-refractivity contribution is -0.870. The normalized spacial score (nSPS) is 8.00. The quantitative estimate of drug-likeness (QED) is 0.447. The van der Waals surface area contributed by atoms with Crippen molar-refractivity contribution in [2.75, 3.05) is 34.3 Å². The first kappa shape index (κ1) is 16.6. The molecule has 0 aromatic heterocycles. The zero-order valence-electron chi connectivity index (χ0n) is 7.62. The molecule has 0 spiro atoms. The molecule has 0 fully saturated rings. The standard InChI is InChI=1S/C5H14NO.2C2H2/c1-6(2,3)4-5-7;2*1-2/h7H,4-5H2,1-3H3;2*1-2H/q+1;;. The molecule has 2 heteroatoms. The van der Waals surface area contributed by atoms with Gasteiger partial charge in [0.1, 0.15) is 6.54 Å². The summed E-state index contributed by atoms with van der Waals surface area (Å²) in [6.45, 7) is 1.11. The number of likely N-dealkylation sites (N-methyl/N-ethyl adjacent to an activating group) is 1. The van der Waals surface area contributed by atoms with Gasteiger partial charge < -0.3 is 9.59 Å². The molecule has 0 saturated heterocycles. The van der Waals surface area contributed by atoms with Gasteiger partial charge in [-0.15, -0.1) is 25.7 Å². The first-order valence-electron chi connectivity index (χ1n) is 3.14. The summed E-state index contributed by atoms with van der Waals surface area (Å²) in [4.78, 5) is 0. The summed E-state index contributed by atoms with van der Waals surface area (Å²) in [6.07, 6.45) is 16.0. The van der Waals surface area contributed by atoms with E-state index in [1.165, 1.54) is 0 Å². The number of aliphatic hydroxyl groups excluding tert-OH is 1. The summed E-state index contributed by atoms with van der Waals surface area (Å²) in [6, 6.07) is 0. The Balaban J connectivity index is -0.000000138. The van der Waals surface area contributed by atoms with Crippen LogP contribution in [0.15, 0.2) is 0 Å². The second-order valence-corrected chi connectivity index (χ2v) is 2.74. The number of hydrogen-bond acceptors (Lipinski definition) is 1. The van der Waals surface area contributed by atoms with Crippen molar-refractivity contribution in [1.82, 2.24) is 0 Å². The Bertz CT molecular complexity index is 91.1. The third-order valence-electron chi connectivity index (χ3n) is 0.771. The summed E-state index contributed by atoms with van der Waals surface area (Å²) in [5.41, 5.74) is 0. The van der Waals surface area contributed by atoms with Crippen molar-refractivity contribution in [1.29, 1.82) is 0 Å². The summed E-state index contributed by atoms with van der Waals surface area (Å²) >= 11 is 0. The maximum Gasteiger partial charge on any atom is 0.101 e. The van der Waals surface area contributed by atoms with Crippen LogP contribution in [0.5, 0.6) is 0 Å². The third kappa shape index (κ3) is 48.5. The number of rotatable bonds is 2. The first-order chi connectivity index (χ1) is 5.06. The second kappa shape index (κ2) is 11.8. The Hall–Kier alpha value is -0.960. The summed E-state index contributed by atoms with van der Waals surface area (Å²) in [7, 11) is 6.16. The summed E-state index contributed by atoms with van der Waals surface area (Å²) < 4.78 is 0.844. The lowest BCUT2D eigenvalue weighted by Gasteiger charge is -2.21. The molecule has 0 radical (unpaired) electrons. The molecule has 0 aliphatic carbocycles. The maximum atomic E-state index is 8.39. The van der Waals surface area contributed by atoms with Gasteiger partial charge in [-0.3, -0.25) is 0 Å². The van der Waals surface area contributed by atoms with Crippen molar-refractivity contribution >= 4 is 0 Å². The van der Waals surface area contributed by atoms with Gasteiger partial charge in [0.25, 0.3) is 0 Å². The monoisotopic (exact) mass is 156 g/mol. The molecule has 0 heterocycles. The zero-order valence-corrected chi connectivity index (χ0v) is 7.62. The van der Waals surface area contributed by atoms with Gasteiger partial charge in [0.15, 0.2) is 0 Å². The molecule has 0 atom stereocenters. The molecule has 0 unspecified atom stereocenters. The summed E-state index contributed by atoms with van der Waals surface area (Å²) in [5, 5.41) is 8.39. The van der Waals surface area contributed by atoms with Crippen LogP contribution in [0.3, 0.4) is 0 Å². The van der Waals surface area contributed by atoms with Gasteiger partial charge in [0.2, 0.25) is 0 Å². The molecule has 0 rings (SSSR count). The van der Waals surface area contributed by atoms with E-state index in [1.54, 1.807) is 0 Å². The van der Waals surface area contributed by atoms with Crippen molar-refractivity contribution in [2.45, 2.75) is 0 Å². The Labute approximate surface area is 70.4 Å². The van der Waals surface area contributed by atoms with E-state index in [9.17, 15) is 0 Å². The van der Waals surface area contributed by atoms with Gasteiger partial charge in [-0.25, -0.2) is 0 Å². The molecule has 11 heavy (non-hydrogen) atoms. The Morgan fingerprint density at radius 3 is 1.27 bits per heavy atom. The van der Waals surface area contributed by atoms with Crippen molar-refractivity contribution in [3.05, 3.63) is 0 Å². The number of terminal acetylenes is 2. The number of hydrogen-bond donors (Lipinski definition) is 1. The van der Waals surface area contributed by atoms with Crippen LogP contribution < -0.4 is 0 Å². The molecule has 0 aromatic rings. The van der Waals surface area contributed by atoms with Crippen LogP contribution >= 0.6 is 0 Å². The van der Waals surface area contributed by atoms with Crippen LogP contribution in [0, 0.1) is 25.7 Å². The molecule has 1 N–H and O–H groups in total. The molecular weight excluding hydrogens is 138 g/mol. The fraction of sp³-hybridized carbons (Fsp3) is 0.556. The highest BCUT2D eigenvalue weighted by atomic mass is 16.3. The molecule has 0 bridgehead atoms. The Kier molecular flexibility index (Phi) is 17.7. The van der Waals surface area contributed by atoms with E-state index < -0.39 is 0 Å². The highest BCUT2D eigenvalue weighted by Crippen LogP contribution is 1.84. The van der Waals surface area contributed by atoms with Gasteiger partial charge in [-0.1, -0.05) is 0 Å². The molecule has 2 nitrogen and oxygen atoms in total. The van der Waals surface area contributed by atoms with Crippen molar-refractivity contribution < 1.29 is 9.59 Å². The zero-order chi connectivity index (χ0) is 9.91. The first-order valence-corrected chi connectivity index (χ1v) is 3.14. The largest absolute Gasteiger partial charge is 0.391 e. The van der Waals surface area contributed by atoms with Crippen LogP contribution in [-0.4, -0.2) is 43.9 Å². The highest BCUT2D eigenvalue weighted by Gasteiger charge is 2.02. The maximum absolute atomic E-state index is 8.39. The lowest BCUT2D eigenvalue weighted by atomic mass is 10.5. The number of nitrogens with zero attached hydrogens (tertiary/aromatic N) is 1. The van der Waals surface area contributed by atoms with Crippen molar-refractivity contribution in [3.8, 4) is 25.7 Å². The van der Waals surface area contributed by atoms with Crippen LogP contribution in [0.4, 0.5) is 0 Å². The molecule has 64 valence electrons. The Morgan fingerprint density at radius 1 is 1.00 bits per heavy atom. The van der Waals surface area contributed by atoms with E-state index in [0.717, 1.165) is 11.0 Å². The average molecular weight is 156 g/mol. The van der Waals surface area contributed by atoms with Gasteiger partial charge in [0, 0.05) is 0 Å².